The van der Waals surface area contributed by atoms with Crippen LogP contribution in [0.2, 0.25) is 0 Å². The summed E-state index contributed by atoms with van der Waals surface area (Å²) < 4.78 is 0. The highest BCUT2D eigenvalue weighted by molar-refractivity contribution is 5.95. The van der Waals surface area contributed by atoms with Gasteiger partial charge >= 0.3 is 0 Å². The third-order valence-corrected chi connectivity index (χ3v) is 7.38. The second kappa shape index (κ2) is 9.02. The molecule has 0 saturated heterocycles. The van der Waals surface area contributed by atoms with Gasteiger partial charge in [-0.3, -0.25) is 14.7 Å². The third kappa shape index (κ3) is 4.56. The highest BCUT2D eigenvalue weighted by atomic mass is 16.2. The van der Waals surface area contributed by atoms with Crippen LogP contribution in [0.5, 0.6) is 0 Å². The molecule has 6 nitrogen and oxygen atoms in total. The van der Waals surface area contributed by atoms with Gasteiger partial charge in [0.05, 0.1) is 6.42 Å². The maximum absolute atomic E-state index is 12.6. The van der Waals surface area contributed by atoms with E-state index in [4.69, 9.17) is 0 Å². The van der Waals surface area contributed by atoms with Crippen molar-refractivity contribution >= 4 is 28.4 Å². The lowest BCUT2D eigenvalue weighted by Gasteiger charge is -2.35. The molecule has 0 spiro atoms. The first-order valence-electron chi connectivity index (χ1n) is 12.3. The maximum Gasteiger partial charge on any atom is 0.230 e. The molecule has 2 aliphatic carbocycles. The topological polar surface area (TPSA) is 86.9 Å². The van der Waals surface area contributed by atoms with E-state index in [1.807, 2.05) is 54.6 Å². The first-order chi connectivity index (χ1) is 17.1. The fourth-order valence-corrected chi connectivity index (χ4v) is 5.27. The molecule has 2 atom stereocenters. The Morgan fingerprint density at radius 1 is 0.914 bits per heavy atom. The van der Waals surface area contributed by atoms with Gasteiger partial charge in [-0.25, -0.2) is 0 Å². The van der Waals surface area contributed by atoms with Gasteiger partial charge in [0.2, 0.25) is 11.8 Å². The smallest absolute Gasteiger partial charge is 0.230 e. The third-order valence-electron chi connectivity index (χ3n) is 7.38. The fraction of sp³-hybridized carbons (Fsp3) is 0.276. The summed E-state index contributed by atoms with van der Waals surface area (Å²) in [6.45, 7) is 0. The molecule has 2 aliphatic rings. The van der Waals surface area contributed by atoms with Gasteiger partial charge in [0.1, 0.15) is 0 Å². The summed E-state index contributed by atoms with van der Waals surface area (Å²) in [4.78, 5) is 25.3. The lowest BCUT2D eigenvalue weighted by molar-refractivity contribution is -0.123. The summed E-state index contributed by atoms with van der Waals surface area (Å²) >= 11 is 0. The minimum absolute atomic E-state index is 0.0874. The Morgan fingerprint density at radius 2 is 1.69 bits per heavy atom. The average molecular weight is 465 g/mol. The predicted octanol–water partition coefficient (Wildman–Crippen LogP) is 4.91. The standard InChI is InChI=1S/C29H28N4O2/c34-28(15-20-11-6-10-18-9-4-5-12-23(18)20)31-27-17-26(32-33-27)21-13-22(14-21)30-29(35)25-16-24(25)19-7-2-1-3-8-19/h1-12,17,21-22,24-25H,13-16H2,(H,30,35)(H2,31,32,33,34). The molecule has 1 heterocycles. The molecule has 2 fully saturated rings. The molecule has 35 heavy (non-hydrogen) atoms. The molecule has 0 aliphatic heterocycles. The fourth-order valence-electron chi connectivity index (χ4n) is 5.27. The second-order valence-corrected chi connectivity index (χ2v) is 9.80. The number of anilines is 1. The van der Waals surface area contributed by atoms with E-state index in [-0.39, 0.29) is 23.8 Å². The number of aromatic nitrogens is 2. The van der Waals surface area contributed by atoms with Crippen molar-refractivity contribution in [1.82, 2.24) is 15.5 Å². The summed E-state index contributed by atoms with van der Waals surface area (Å²) in [5, 5.41) is 15.7. The molecule has 2 saturated carbocycles. The zero-order valence-corrected chi connectivity index (χ0v) is 19.4. The van der Waals surface area contributed by atoms with Crippen LogP contribution in [0.3, 0.4) is 0 Å². The van der Waals surface area contributed by atoms with Crippen LogP contribution in [0, 0.1) is 5.92 Å². The number of aromatic amines is 1. The Morgan fingerprint density at radius 3 is 2.54 bits per heavy atom. The number of nitrogens with zero attached hydrogens (tertiary/aromatic N) is 1. The zero-order chi connectivity index (χ0) is 23.8. The van der Waals surface area contributed by atoms with Crippen LogP contribution >= 0.6 is 0 Å². The SMILES string of the molecule is O=C(Cc1cccc2ccccc12)Nc1cc(C2CC(NC(=O)C3CC3c3ccccc3)C2)[nH]n1. The molecule has 3 aromatic carbocycles. The molecule has 0 bridgehead atoms. The zero-order valence-electron chi connectivity index (χ0n) is 19.4. The largest absolute Gasteiger partial charge is 0.353 e. The number of hydrogen-bond donors (Lipinski definition) is 3. The summed E-state index contributed by atoms with van der Waals surface area (Å²) in [6.07, 6.45) is 3.01. The van der Waals surface area contributed by atoms with Crippen molar-refractivity contribution < 1.29 is 9.59 Å². The maximum atomic E-state index is 12.6. The number of amides is 2. The molecular weight excluding hydrogens is 436 g/mol. The molecule has 3 N–H and O–H groups in total. The average Bonchev–Trinajstić information content (AvgIpc) is 3.54. The van der Waals surface area contributed by atoms with Crippen LogP contribution in [0.4, 0.5) is 5.82 Å². The molecule has 2 amide bonds. The van der Waals surface area contributed by atoms with Crippen molar-refractivity contribution in [3.8, 4) is 0 Å². The van der Waals surface area contributed by atoms with Gasteiger partial charge in [-0.05, 0) is 47.1 Å². The van der Waals surface area contributed by atoms with E-state index in [2.05, 4.69) is 45.1 Å². The highest BCUT2D eigenvalue weighted by Gasteiger charge is 2.45. The van der Waals surface area contributed by atoms with E-state index in [1.165, 1.54) is 5.56 Å². The van der Waals surface area contributed by atoms with Gasteiger partial charge in [0.15, 0.2) is 5.82 Å². The van der Waals surface area contributed by atoms with Crippen molar-refractivity contribution in [2.75, 3.05) is 5.32 Å². The predicted molar refractivity (Wildman–Crippen MR) is 136 cm³/mol. The number of rotatable bonds is 7. The molecule has 6 rings (SSSR count). The lowest BCUT2D eigenvalue weighted by atomic mass is 9.78. The molecule has 4 aromatic rings. The monoisotopic (exact) mass is 464 g/mol. The molecular formula is C29H28N4O2. The van der Waals surface area contributed by atoms with Gasteiger partial charge in [-0.2, -0.15) is 5.10 Å². The van der Waals surface area contributed by atoms with E-state index in [0.717, 1.165) is 41.3 Å². The normalized spacial score (nSPS) is 22.9. The van der Waals surface area contributed by atoms with E-state index in [1.54, 1.807) is 0 Å². The Labute approximate surface area is 204 Å². The van der Waals surface area contributed by atoms with Gasteiger partial charge in [-0.1, -0.05) is 72.8 Å². The molecule has 176 valence electrons. The van der Waals surface area contributed by atoms with Crippen molar-refractivity contribution in [1.29, 1.82) is 0 Å². The Kier molecular flexibility index (Phi) is 5.57. The van der Waals surface area contributed by atoms with Crippen LogP contribution in [-0.4, -0.2) is 28.1 Å². The Bertz CT molecular complexity index is 1370. The number of carbonyl (C=O) groups excluding carboxylic acids is 2. The van der Waals surface area contributed by atoms with Gasteiger partial charge < -0.3 is 10.6 Å². The van der Waals surface area contributed by atoms with Gasteiger partial charge in [-0.15, -0.1) is 0 Å². The quantitative estimate of drug-likeness (QED) is 0.363. The number of nitrogens with one attached hydrogen (secondary N) is 3. The van der Waals surface area contributed by atoms with E-state index in [0.29, 0.717) is 24.1 Å². The first-order valence-corrected chi connectivity index (χ1v) is 12.3. The summed E-state index contributed by atoms with van der Waals surface area (Å²) in [6, 6.07) is 26.5. The lowest BCUT2D eigenvalue weighted by Crippen LogP contribution is -2.44. The van der Waals surface area contributed by atoms with Crippen molar-refractivity contribution in [3.05, 3.63) is 95.7 Å². The number of hydrogen-bond acceptors (Lipinski definition) is 3. The minimum atomic E-state index is -0.0874. The van der Waals surface area contributed by atoms with Crippen LogP contribution in [-0.2, 0) is 16.0 Å². The summed E-state index contributed by atoms with van der Waals surface area (Å²) in [7, 11) is 0. The summed E-state index contributed by atoms with van der Waals surface area (Å²) in [5.74, 6) is 1.41. The van der Waals surface area contributed by atoms with Gasteiger partial charge in [0.25, 0.3) is 0 Å². The van der Waals surface area contributed by atoms with Crippen LogP contribution in [0.25, 0.3) is 10.8 Å². The van der Waals surface area contributed by atoms with E-state index in [9.17, 15) is 9.59 Å². The minimum Gasteiger partial charge on any atom is -0.353 e. The van der Waals surface area contributed by atoms with Crippen LogP contribution in [0.15, 0.2) is 78.9 Å². The molecule has 2 unspecified atom stereocenters. The van der Waals surface area contributed by atoms with E-state index >= 15 is 0 Å². The van der Waals surface area contributed by atoms with Crippen molar-refractivity contribution in [2.45, 2.75) is 43.6 Å². The van der Waals surface area contributed by atoms with Crippen LogP contribution < -0.4 is 10.6 Å². The second-order valence-electron chi connectivity index (χ2n) is 9.80. The Hall–Kier alpha value is -3.93. The molecule has 1 aromatic heterocycles. The molecule has 0 radical (unpaired) electrons. The van der Waals surface area contributed by atoms with Crippen molar-refractivity contribution in [2.24, 2.45) is 5.92 Å². The summed E-state index contributed by atoms with van der Waals surface area (Å²) in [5.41, 5.74) is 3.26. The molecule has 6 heteroatoms. The van der Waals surface area contributed by atoms with Crippen molar-refractivity contribution in [3.63, 3.8) is 0 Å². The van der Waals surface area contributed by atoms with Gasteiger partial charge in [0, 0.05) is 29.6 Å². The number of carbonyl (C=O) groups is 2. The number of H-pyrrole nitrogens is 1. The van der Waals surface area contributed by atoms with Crippen LogP contribution in [0.1, 0.15) is 47.9 Å². The first kappa shape index (κ1) is 21.6. The highest BCUT2D eigenvalue weighted by Crippen LogP contribution is 2.48. The number of benzene rings is 3. The van der Waals surface area contributed by atoms with E-state index < -0.39 is 0 Å². The Balaban J connectivity index is 0.987. The number of fused-ring (bicyclic) bond motifs is 1.